The number of carbonyl (C=O) groups is 6. The first-order valence-corrected chi connectivity index (χ1v) is 43.6. The maximum atomic E-state index is 14.8. The van der Waals surface area contributed by atoms with Crippen molar-refractivity contribution in [2.24, 2.45) is 11.8 Å². The highest BCUT2D eigenvalue weighted by Gasteiger charge is 2.68. The molecule has 6 N–H and O–H groups in total. The molecule has 14 rings (SSSR count). The van der Waals surface area contributed by atoms with Crippen molar-refractivity contribution in [2.75, 3.05) is 27.3 Å². The molecule has 0 spiro atoms. The Bertz CT molecular complexity index is 4280. The van der Waals surface area contributed by atoms with Gasteiger partial charge in [0, 0.05) is 29.5 Å². The molecule has 6 heterocycles. The van der Waals surface area contributed by atoms with E-state index < -0.39 is 156 Å². The molecular formula is C79H97BrF4N10O16P2. The highest BCUT2D eigenvalue weighted by atomic mass is 79.9. The van der Waals surface area contributed by atoms with E-state index in [0.29, 0.717) is 89.1 Å². The number of hydrogen-bond acceptors (Lipinski definition) is 18. The van der Waals surface area contributed by atoms with Crippen molar-refractivity contribution < 1.29 is 93.7 Å². The van der Waals surface area contributed by atoms with E-state index in [-0.39, 0.29) is 62.7 Å². The first-order valence-electron chi connectivity index (χ1n) is 39.1. The molecule has 604 valence electrons. The number of methoxy groups -OCH3 is 2. The van der Waals surface area contributed by atoms with Crippen LogP contribution in [0.1, 0.15) is 184 Å². The minimum Gasteiger partial charge on any atom is -0.496 e. The number of hydrogen-bond donors (Lipinski definition) is 6. The smallest absolute Gasteiger partial charge is 0.408 e. The van der Waals surface area contributed by atoms with Crippen LogP contribution >= 0.6 is 30.7 Å². The number of amides is 6. The Kier molecular flexibility index (Phi) is 25.7. The molecule has 12 atom stereocenters. The zero-order chi connectivity index (χ0) is 79.2. The number of aryl methyl sites for hydroxylation is 1. The van der Waals surface area contributed by atoms with Crippen molar-refractivity contribution in [2.45, 2.75) is 245 Å². The quantitative estimate of drug-likeness (QED) is 0.0387. The Balaban J connectivity index is 0.000000196. The van der Waals surface area contributed by atoms with Crippen molar-refractivity contribution in [3.63, 3.8) is 0 Å². The summed E-state index contributed by atoms with van der Waals surface area (Å²) >= 11 is 3.52. The van der Waals surface area contributed by atoms with Gasteiger partial charge in [-0.15, -0.1) is 0 Å². The van der Waals surface area contributed by atoms with Gasteiger partial charge in [0.25, 0.3) is 0 Å². The topological polar surface area (TPSA) is 339 Å². The van der Waals surface area contributed by atoms with Gasteiger partial charge in [0.05, 0.1) is 65.9 Å². The molecule has 2 aromatic heterocycles. The predicted octanol–water partition coefficient (Wildman–Crippen LogP) is 13.8. The molecule has 8 aliphatic rings. The molecule has 4 aromatic carbocycles. The lowest BCUT2D eigenvalue weighted by Crippen LogP contribution is -2.55. The second-order valence-electron chi connectivity index (χ2n) is 31.0. The average Bonchev–Trinajstić information content (AvgIpc) is 1.55. The summed E-state index contributed by atoms with van der Waals surface area (Å²) in [4.78, 5) is 128. The highest BCUT2D eigenvalue weighted by Crippen LogP contribution is 2.73. The third-order valence-electron chi connectivity index (χ3n) is 23.7. The lowest BCUT2D eigenvalue weighted by Gasteiger charge is -2.31. The normalized spacial score (nSPS) is 27.3. The second kappa shape index (κ2) is 35.2. The van der Waals surface area contributed by atoms with Gasteiger partial charge < -0.3 is 69.3 Å². The number of carbonyl (C=O) groups excluding carboxylic acids is 6. The van der Waals surface area contributed by atoms with Crippen LogP contribution in [-0.2, 0) is 50.1 Å². The van der Waals surface area contributed by atoms with Crippen molar-refractivity contribution in [3.05, 3.63) is 118 Å². The van der Waals surface area contributed by atoms with Gasteiger partial charge in [-0.2, -0.15) is 0 Å². The number of aromatic nitrogens is 4. The van der Waals surface area contributed by atoms with Crippen molar-refractivity contribution >= 4 is 88.3 Å². The molecule has 6 amide bonds. The second-order valence-corrected chi connectivity index (χ2v) is 36.9. The van der Waals surface area contributed by atoms with Crippen LogP contribution < -0.4 is 40.2 Å². The molecule has 0 radical (unpaired) electrons. The highest BCUT2D eigenvalue weighted by molar-refractivity contribution is 9.10. The van der Waals surface area contributed by atoms with Gasteiger partial charge in [0.2, 0.25) is 50.1 Å². The first-order chi connectivity index (χ1) is 53.8. The molecule has 4 aliphatic carbocycles. The summed E-state index contributed by atoms with van der Waals surface area (Å²) < 4.78 is 124. The number of nitrogens with zero attached hydrogens (tertiary/aromatic N) is 6. The molecule has 4 saturated heterocycles. The van der Waals surface area contributed by atoms with Gasteiger partial charge in [-0.25, -0.2) is 47.1 Å². The number of alkyl carbamates (subject to hydrolysis) is 2. The molecule has 4 saturated carbocycles. The number of benzene rings is 4. The SMILES string of the molecule is COc1ccc2c(OC3C[C@H]4C(=O)N[C@]5(P(=O)(O)Cc6c(F)cccc6F)C[C@H]5CCCCCCC[C@H](NC(=O)OC5CCCC5)C(=O)N4C3)ncnc2c1Br.COc1ccc2c(OC3C[C@H]4C(=O)N[C@]5(P(=O)(O)Cc6c(F)cccc6F)C[C@H]5CCCCCCC[C@H](NC(=O)OC5CCCC5)C(=O)N4C3)ncnc2c1C. The molecule has 8 fully saturated rings. The van der Waals surface area contributed by atoms with Crippen LogP contribution in [0, 0.1) is 42.0 Å². The molecule has 33 heteroatoms. The Labute approximate surface area is 655 Å². The van der Waals surface area contributed by atoms with Crippen LogP contribution in [0.2, 0.25) is 0 Å². The van der Waals surface area contributed by atoms with E-state index in [1.54, 1.807) is 31.4 Å². The fourth-order valence-electron chi connectivity index (χ4n) is 17.4. The van der Waals surface area contributed by atoms with E-state index in [9.17, 15) is 65.2 Å². The lowest BCUT2D eigenvalue weighted by atomic mass is 10.0. The van der Waals surface area contributed by atoms with Gasteiger partial charge in [0.15, 0.2) is 0 Å². The Hall–Kier alpha value is -8.24. The molecular weight excluding hydrogens is 1560 g/mol. The van der Waals surface area contributed by atoms with Crippen LogP contribution in [-0.4, -0.2) is 162 Å². The van der Waals surface area contributed by atoms with Crippen LogP contribution in [0.25, 0.3) is 21.8 Å². The molecule has 0 bridgehead atoms. The van der Waals surface area contributed by atoms with Crippen LogP contribution in [0.15, 0.2) is 77.8 Å². The Morgan fingerprint density at radius 3 is 1.32 bits per heavy atom. The molecule has 4 aliphatic heterocycles. The fraction of sp³-hybridized carbons (Fsp3) is 0.570. The third kappa shape index (κ3) is 18.0. The lowest BCUT2D eigenvalue weighted by molar-refractivity contribution is -0.140. The number of fused-ring (bicyclic) bond motifs is 6. The maximum absolute atomic E-state index is 14.8. The number of halogens is 5. The first kappa shape index (κ1) is 81.8. The van der Waals surface area contributed by atoms with Gasteiger partial charge in [-0.05, 0) is 173 Å². The Morgan fingerprint density at radius 1 is 0.527 bits per heavy atom. The van der Waals surface area contributed by atoms with E-state index in [1.807, 2.05) is 6.92 Å². The van der Waals surface area contributed by atoms with E-state index in [1.165, 1.54) is 41.7 Å². The average molecular weight is 1660 g/mol. The monoisotopic (exact) mass is 1660 g/mol. The number of rotatable bonds is 16. The zero-order valence-electron chi connectivity index (χ0n) is 63.0. The van der Waals surface area contributed by atoms with E-state index in [2.05, 4.69) is 57.1 Å². The van der Waals surface area contributed by atoms with E-state index >= 15 is 0 Å². The van der Waals surface area contributed by atoms with Crippen LogP contribution in [0.4, 0.5) is 27.2 Å². The minimum atomic E-state index is -4.51. The number of nitrogens with one attached hydrogen (secondary N) is 4. The summed E-state index contributed by atoms with van der Waals surface area (Å²) in [7, 11) is -5.92. The summed E-state index contributed by atoms with van der Waals surface area (Å²) in [6.07, 6.45) is 14.0. The summed E-state index contributed by atoms with van der Waals surface area (Å²) in [6.45, 7) is 1.74. The predicted molar refractivity (Wildman–Crippen MR) is 407 cm³/mol. The molecule has 4 unspecified atom stereocenters. The maximum Gasteiger partial charge on any atom is 0.408 e. The Morgan fingerprint density at radius 2 is 0.902 bits per heavy atom. The summed E-state index contributed by atoms with van der Waals surface area (Å²) in [5.74, 6) is -5.40. The summed E-state index contributed by atoms with van der Waals surface area (Å²) in [6, 6.07) is 9.12. The minimum absolute atomic E-state index is 0.00410. The van der Waals surface area contributed by atoms with Gasteiger partial charge in [0.1, 0.15) is 107 Å². The molecule has 6 aromatic rings. The molecule has 26 nitrogen and oxygen atoms in total. The molecule has 112 heavy (non-hydrogen) atoms. The van der Waals surface area contributed by atoms with E-state index in [4.69, 9.17) is 28.4 Å². The van der Waals surface area contributed by atoms with Crippen molar-refractivity contribution in [3.8, 4) is 23.3 Å². The van der Waals surface area contributed by atoms with Gasteiger partial charge >= 0.3 is 12.2 Å². The summed E-state index contributed by atoms with van der Waals surface area (Å²) in [5, 5.41) is 9.17. The largest absolute Gasteiger partial charge is 0.496 e. The van der Waals surface area contributed by atoms with Crippen molar-refractivity contribution in [1.82, 2.24) is 51.0 Å². The fourth-order valence-corrected chi connectivity index (χ4v) is 23.0. The van der Waals surface area contributed by atoms with Crippen molar-refractivity contribution in [1.29, 1.82) is 0 Å². The van der Waals surface area contributed by atoms with E-state index in [0.717, 1.165) is 120 Å². The van der Waals surface area contributed by atoms with Crippen LogP contribution in [0.5, 0.6) is 23.3 Å². The van der Waals surface area contributed by atoms with Gasteiger partial charge in [-0.3, -0.25) is 28.3 Å². The standard InChI is InChI=1S/C40H50F2N5O8P.C39H47BrF2N5O8P/c1-24-34(53-2)18-17-28-35(24)43-23-44-37(28)54-27-19-33-36(48)46-40(56(51,52)22-29-30(41)14-10-15-31(29)42)20-25(40)11-6-4-3-5-7-16-32(38(49)47(33)21-27)45-39(50)55-26-12-8-9-13-26;1-53-32-17-16-26-34(33(32)40)43-22-44-36(26)54-25-18-31-35(48)46-39(56(51,52)21-27-28(41)13-9-14-29(27)42)19-23(39)10-5-3-2-4-6-15-30(37(49)47(31)20-25)45-38(50)55-24-11-7-8-12-24/h10,14-15,17-18,23,25-27,32-33H,3-9,11-13,16,19-22H2,1-2H3,(H,45,50)(H,46,48)(H,51,52);9,13-14,16-17,22-25,30-31H,2-8,10-12,15,18-21H2,1H3,(H,45,50)(H,46,48)(H,51,52)/t25-,27?,32+,33+,40+;23-,25?,30+,31+,39+/m11/s1. The van der Waals surface area contributed by atoms with Gasteiger partial charge in [-0.1, -0.05) is 76.3 Å². The van der Waals surface area contributed by atoms with Crippen LogP contribution in [0.3, 0.4) is 0 Å². The number of ether oxygens (including phenoxy) is 6. The third-order valence-corrected chi connectivity index (χ3v) is 29.8. The summed E-state index contributed by atoms with van der Waals surface area (Å²) in [5.41, 5.74) is 0.866. The zero-order valence-corrected chi connectivity index (χ0v) is 66.4.